The Bertz CT molecular complexity index is 1360. The molecule has 1 aromatic heterocycles. The summed E-state index contributed by atoms with van der Waals surface area (Å²) in [5, 5.41) is 4.51. The Kier molecular flexibility index (Phi) is 5.87. The first kappa shape index (κ1) is 22.1. The smallest absolute Gasteiger partial charge is 0.259 e. The third-order valence-electron chi connectivity index (χ3n) is 6.52. The maximum Gasteiger partial charge on any atom is 0.259 e. The lowest BCUT2D eigenvalue weighted by Crippen LogP contribution is -2.42. The molecule has 4 heterocycles. The Morgan fingerprint density at radius 1 is 1.20 bits per heavy atom. The Morgan fingerprint density at radius 2 is 2.06 bits per heavy atom. The normalized spacial score (nSPS) is 21.0. The highest BCUT2D eigenvalue weighted by Crippen LogP contribution is 2.34. The quantitative estimate of drug-likeness (QED) is 0.557. The molecule has 2 N–H and O–H groups in total. The fraction of sp³-hybridized carbons (Fsp3) is 0.308. The number of fused-ring (bicyclic) bond motifs is 4. The molecule has 0 unspecified atom stereocenters. The lowest BCUT2D eigenvalue weighted by atomic mass is 10.1. The van der Waals surface area contributed by atoms with E-state index in [9.17, 15) is 9.59 Å². The van der Waals surface area contributed by atoms with Crippen LogP contribution in [0.3, 0.4) is 0 Å². The lowest BCUT2D eigenvalue weighted by Gasteiger charge is -2.25. The fourth-order valence-electron chi connectivity index (χ4n) is 4.75. The van der Waals surface area contributed by atoms with Crippen molar-refractivity contribution >= 4 is 51.2 Å². The number of carbonyl (C=O) groups is 2. The van der Waals surface area contributed by atoms with Gasteiger partial charge in [0, 0.05) is 42.2 Å². The number of carbonyl (C=O) groups excluding carboxylic acids is 2. The van der Waals surface area contributed by atoms with Gasteiger partial charge >= 0.3 is 0 Å². The monoisotopic (exact) mass is 487 g/mol. The van der Waals surface area contributed by atoms with Crippen molar-refractivity contribution in [1.29, 1.82) is 0 Å². The Labute approximate surface area is 206 Å². The maximum absolute atomic E-state index is 13.6. The third kappa shape index (κ3) is 4.26. The van der Waals surface area contributed by atoms with Crippen molar-refractivity contribution in [3.63, 3.8) is 0 Å². The number of nitrogens with zero attached hydrogens (tertiary/aromatic N) is 3. The van der Waals surface area contributed by atoms with E-state index in [2.05, 4.69) is 10.3 Å². The minimum absolute atomic E-state index is 0.0898. The van der Waals surface area contributed by atoms with Crippen molar-refractivity contribution in [1.82, 2.24) is 15.2 Å². The van der Waals surface area contributed by atoms with E-state index in [1.54, 1.807) is 4.90 Å². The molecule has 0 radical (unpaired) electrons. The molecule has 2 atom stereocenters. The molecular weight excluding hydrogens is 462 g/mol. The zero-order valence-electron chi connectivity index (χ0n) is 19.1. The predicted octanol–water partition coefficient (Wildman–Crippen LogP) is 3.40. The second kappa shape index (κ2) is 9.31. The Morgan fingerprint density at radius 3 is 2.94 bits per heavy atom. The van der Waals surface area contributed by atoms with Crippen molar-refractivity contribution in [2.24, 2.45) is 9.98 Å². The molecule has 3 aromatic rings. The molecule has 6 rings (SSSR count). The highest BCUT2D eigenvalue weighted by Gasteiger charge is 2.41. The molecule has 0 spiro atoms. The molecule has 2 amide bonds. The number of aliphatic imine (C=N–C) groups is 2. The summed E-state index contributed by atoms with van der Waals surface area (Å²) in [6.07, 6.45) is 4.53. The average molecular weight is 488 g/mol. The van der Waals surface area contributed by atoms with Gasteiger partial charge in [-0.25, -0.2) is 9.89 Å². The minimum Gasteiger partial charge on any atom is -0.376 e. The number of aromatic nitrogens is 1. The van der Waals surface area contributed by atoms with E-state index >= 15 is 0 Å². The summed E-state index contributed by atoms with van der Waals surface area (Å²) < 4.78 is 5.57. The molecule has 9 heteroatoms. The van der Waals surface area contributed by atoms with Crippen LogP contribution in [0.1, 0.15) is 24.0 Å². The summed E-state index contributed by atoms with van der Waals surface area (Å²) in [4.78, 5) is 40.5. The van der Waals surface area contributed by atoms with Gasteiger partial charge in [0.2, 0.25) is 5.91 Å². The summed E-state index contributed by atoms with van der Waals surface area (Å²) in [6, 6.07) is 15.2. The first-order chi connectivity index (χ1) is 17.2. The molecular formula is C26H25N5O3S. The number of hydrogen-bond acceptors (Lipinski definition) is 6. The van der Waals surface area contributed by atoms with Crippen LogP contribution < -0.4 is 5.32 Å². The number of thioether (sulfide) groups is 1. The Balaban J connectivity index is 1.21. The standard InChI is InChI=1S/C26H25N5O3S/c32-23(28-14-17-6-5-11-34-17)15-35-26-30-21-10-4-2-8-19(21)24-29-22(25(33)31(24)26)12-16-13-27-20-9-3-1-7-18(16)20/h1-4,7-10,13,17,22,27H,5-6,11-12,14-15H2,(H,28,32)/t17-,22-/m0/s1. The van der Waals surface area contributed by atoms with Gasteiger partial charge in [0.25, 0.3) is 5.91 Å². The van der Waals surface area contributed by atoms with Crippen LogP contribution >= 0.6 is 11.8 Å². The van der Waals surface area contributed by atoms with Crippen molar-refractivity contribution in [3.05, 3.63) is 65.9 Å². The zero-order chi connectivity index (χ0) is 23.8. The highest BCUT2D eigenvalue weighted by molar-refractivity contribution is 8.14. The van der Waals surface area contributed by atoms with Crippen LogP contribution in [0.5, 0.6) is 0 Å². The molecule has 0 bridgehead atoms. The molecule has 178 valence electrons. The molecule has 0 saturated carbocycles. The van der Waals surface area contributed by atoms with E-state index in [1.165, 1.54) is 11.8 Å². The zero-order valence-corrected chi connectivity index (χ0v) is 19.9. The van der Waals surface area contributed by atoms with Gasteiger partial charge in [-0.1, -0.05) is 42.1 Å². The predicted molar refractivity (Wildman–Crippen MR) is 137 cm³/mol. The van der Waals surface area contributed by atoms with Crippen LogP contribution in [-0.2, 0) is 20.7 Å². The number of benzene rings is 2. The van der Waals surface area contributed by atoms with Crippen LogP contribution in [-0.4, -0.2) is 63.8 Å². The number of rotatable bonds is 6. The number of para-hydroxylation sites is 2. The molecule has 35 heavy (non-hydrogen) atoms. The largest absolute Gasteiger partial charge is 0.376 e. The van der Waals surface area contributed by atoms with E-state index in [-0.39, 0.29) is 23.7 Å². The van der Waals surface area contributed by atoms with Gasteiger partial charge in [0.1, 0.15) is 11.9 Å². The summed E-state index contributed by atoms with van der Waals surface area (Å²) in [5.41, 5.74) is 3.67. The van der Waals surface area contributed by atoms with Gasteiger partial charge in [-0.15, -0.1) is 0 Å². The van der Waals surface area contributed by atoms with Crippen molar-refractivity contribution < 1.29 is 14.3 Å². The molecule has 8 nitrogen and oxygen atoms in total. The number of ether oxygens (including phenoxy) is 1. The molecule has 3 aliphatic rings. The van der Waals surface area contributed by atoms with Crippen molar-refractivity contribution in [2.45, 2.75) is 31.4 Å². The molecule has 3 aliphatic heterocycles. The van der Waals surface area contributed by atoms with Crippen LogP contribution in [0.4, 0.5) is 5.69 Å². The second-order valence-corrected chi connectivity index (χ2v) is 9.79. The van der Waals surface area contributed by atoms with E-state index in [1.807, 2.05) is 54.7 Å². The van der Waals surface area contributed by atoms with Gasteiger partial charge in [0.15, 0.2) is 5.17 Å². The van der Waals surface area contributed by atoms with Crippen molar-refractivity contribution in [3.8, 4) is 0 Å². The average Bonchev–Trinajstić information content (AvgIpc) is 3.62. The Hall–Kier alpha value is -3.43. The summed E-state index contributed by atoms with van der Waals surface area (Å²) in [7, 11) is 0. The van der Waals surface area contributed by atoms with E-state index < -0.39 is 6.04 Å². The number of nitrogens with one attached hydrogen (secondary N) is 2. The van der Waals surface area contributed by atoms with Gasteiger partial charge in [-0.3, -0.25) is 14.6 Å². The lowest BCUT2D eigenvalue weighted by molar-refractivity contribution is -0.124. The van der Waals surface area contributed by atoms with E-state index in [0.29, 0.717) is 24.0 Å². The van der Waals surface area contributed by atoms with Crippen LogP contribution in [0, 0.1) is 0 Å². The number of H-pyrrole nitrogens is 1. The summed E-state index contributed by atoms with van der Waals surface area (Å²) in [5.74, 6) is 0.545. The van der Waals surface area contributed by atoms with E-state index in [4.69, 9.17) is 14.7 Å². The first-order valence-electron chi connectivity index (χ1n) is 11.8. The summed E-state index contributed by atoms with van der Waals surface area (Å²) >= 11 is 1.26. The SMILES string of the molecule is O=C(CSC1=Nc2ccccc2C2=N[C@@H](Cc3c[nH]c4ccccc34)C(=O)N12)NC[C@@H]1CCCO1. The molecule has 0 aliphatic carbocycles. The van der Waals surface area contributed by atoms with Gasteiger partial charge in [0.05, 0.1) is 17.5 Å². The topological polar surface area (TPSA) is 99.2 Å². The highest BCUT2D eigenvalue weighted by atomic mass is 32.2. The molecule has 1 fully saturated rings. The van der Waals surface area contributed by atoms with Gasteiger partial charge < -0.3 is 15.0 Å². The number of amides is 2. The van der Waals surface area contributed by atoms with Gasteiger partial charge in [-0.2, -0.15) is 0 Å². The van der Waals surface area contributed by atoms with Crippen LogP contribution in [0.2, 0.25) is 0 Å². The van der Waals surface area contributed by atoms with Gasteiger partial charge in [-0.05, 0) is 36.6 Å². The minimum atomic E-state index is -0.547. The van der Waals surface area contributed by atoms with Crippen LogP contribution in [0.25, 0.3) is 10.9 Å². The fourth-order valence-corrected chi connectivity index (χ4v) is 5.59. The van der Waals surface area contributed by atoms with Crippen molar-refractivity contribution in [2.75, 3.05) is 18.9 Å². The van der Waals surface area contributed by atoms with E-state index in [0.717, 1.165) is 47.2 Å². The maximum atomic E-state index is 13.6. The summed E-state index contributed by atoms with van der Waals surface area (Å²) in [6.45, 7) is 1.27. The number of amidine groups is 2. The first-order valence-corrected chi connectivity index (χ1v) is 12.8. The molecule has 2 aromatic carbocycles. The molecule has 1 saturated heterocycles. The third-order valence-corrected chi connectivity index (χ3v) is 7.46. The second-order valence-electron chi connectivity index (χ2n) is 8.85. The number of hydrogen-bond donors (Lipinski definition) is 2. The van der Waals surface area contributed by atoms with Crippen LogP contribution in [0.15, 0.2) is 64.7 Å². The number of aromatic amines is 1.